The Labute approximate surface area is 168 Å². The number of benzene rings is 1. The highest BCUT2D eigenvalue weighted by Gasteiger charge is 2.56. The van der Waals surface area contributed by atoms with Crippen molar-refractivity contribution in [2.45, 2.75) is 31.3 Å². The first-order chi connectivity index (χ1) is 13.6. The van der Waals surface area contributed by atoms with Crippen LogP contribution in [-0.2, 0) is 20.9 Å². The molecule has 2 fully saturated rings. The van der Waals surface area contributed by atoms with Gasteiger partial charge in [-0.25, -0.2) is 4.98 Å². The molecule has 1 aromatic carbocycles. The summed E-state index contributed by atoms with van der Waals surface area (Å²) in [5.41, 5.74) is 0.586. The molecule has 0 N–H and O–H groups in total. The van der Waals surface area contributed by atoms with Crippen molar-refractivity contribution >= 4 is 33.4 Å². The zero-order valence-electron chi connectivity index (χ0n) is 16.1. The van der Waals surface area contributed by atoms with E-state index in [1.807, 2.05) is 23.1 Å². The molecule has 1 spiro atoms. The molecule has 0 bridgehead atoms. The van der Waals surface area contributed by atoms with Crippen LogP contribution in [0, 0.1) is 5.92 Å². The van der Waals surface area contributed by atoms with Crippen molar-refractivity contribution in [3.05, 3.63) is 41.9 Å². The summed E-state index contributed by atoms with van der Waals surface area (Å²) in [4.78, 5) is 34.0. The Morgan fingerprint density at radius 3 is 2.82 bits per heavy atom. The summed E-state index contributed by atoms with van der Waals surface area (Å²) in [5.74, 6) is -0.649. The van der Waals surface area contributed by atoms with Crippen LogP contribution in [-0.4, -0.2) is 58.9 Å². The number of aromatic nitrogens is 1. The number of likely N-dealkylation sites (tertiary alicyclic amines) is 2. The van der Waals surface area contributed by atoms with Crippen LogP contribution in [0.15, 0.2) is 36.9 Å². The Morgan fingerprint density at radius 1 is 1.39 bits per heavy atom. The number of carbonyl (C=O) groups excluding carboxylic acids is 2. The minimum absolute atomic E-state index is 0.0231. The Kier molecular flexibility index (Phi) is 5.21. The zero-order valence-corrected chi connectivity index (χ0v) is 16.9. The second kappa shape index (κ2) is 7.64. The predicted molar refractivity (Wildman–Crippen MR) is 109 cm³/mol. The Morgan fingerprint density at radius 2 is 2.14 bits per heavy atom. The van der Waals surface area contributed by atoms with E-state index in [1.54, 1.807) is 17.4 Å². The van der Waals surface area contributed by atoms with E-state index in [0.29, 0.717) is 6.54 Å². The van der Waals surface area contributed by atoms with Crippen LogP contribution in [0.1, 0.15) is 24.3 Å². The van der Waals surface area contributed by atoms with E-state index < -0.39 is 11.5 Å². The van der Waals surface area contributed by atoms with Gasteiger partial charge in [0.25, 0.3) is 0 Å². The average molecular weight is 400 g/mol. The minimum Gasteiger partial charge on any atom is -0.469 e. The number of rotatable bonds is 5. The molecule has 0 radical (unpaired) electrons. The lowest BCUT2D eigenvalue weighted by molar-refractivity contribution is -0.150. The number of carbonyl (C=O) groups is 2. The molecule has 6 nitrogen and oxygen atoms in total. The van der Waals surface area contributed by atoms with Gasteiger partial charge in [-0.15, -0.1) is 17.9 Å². The van der Waals surface area contributed by atoms with Gasteiger partial charge in [-0.1, -0.05) is 18.2 Å². The number of para-hydroxylation sites is 1. The summed E-state index contributed by atoms with van der Waals surface area (Å²) >= 11 is 1.73. The van der Waals surface area contributed by atoms with Crippen molar-refractivity contribution in [1.82, 2.24) is 14.8 Å². The Bertz CT molecular complexity index is 868. The summed E-state index contributed by atoms with van der Waals surface area (Å²) in [6.07, 6.45) is 3.50. The molecule has 1 aromatic heterocycles. The van der Waals surface area contributed by atoms with E-state index in [4.69, 9.17) is 9.72 Å². The molecule has 148 valence electrons. The van der Waals surface area contributed by atoms with Gasteiger partial charge in [0.2, 0.25) is 5.91 Å². The number of thiazole rings is 1. The van der Waals surface area contributed by atoms with Crippen molar-refractivity contribution < 1.29 is 14.3 Å². The van der Waals surface area contributed by atoms with E-state index in [-0.39, 0.29) is 18.3 Å². The molecule has 28 heavy (non-hydrogen) atoms. The summed E-state index contributed by atoms with van der Waals surface area (Å²) < 4.78 is 6.23. The van der Waals surface area contributed by atoms with Crippen LogP contribution in [0.4, 0.5) is 0 Å². The smallest absolute Gasteiger partial charge is 0.311 e. The number of amides is 1. The third kappa shape index (κ3) is 3.22. The molecule has 1 amide bonds. The van der Waals surface area contributed by atoms with Crippen molar-refractivity contribution in [2.75, 3.05) is 26.7 Å². The number of methoxy groups -OCH3 is 1. The highest BCUT2D eigenvalue weighted by Crippen LogP contribution is 2.44. The molecule has 2 aromatic rings. The number of piperidine rings is 1. The van der Waals surface area contributed by atoms with Crippen molar-refractivity contribution in [3.8, 4) is 0 Å². The van der Waals surface area contributed by atoms with Gasteiger partial charge in [0.15, 0.2) is 0 Å². The molecule has 3 heterocycles. The molecule has 2 saturated heterocycles. The average Bonchev–Trinajstić information content (AvgIpc) is 3.23. The topological polar surface area (TPSA) is 62.7 Å². The number of ether oxygens (including phenoxy) is 1. The molecule has 7 heteroatoms. The summed E-state index contributed by atoms with van der Waals surface area (Å²) in [6, 6.07) is 8.18. The van der Waals surface area contributed by atoms with Gasteiger partial charge in [0.1, 0.15) is 5.01 Å². The van der Waals surface area contributed by atoms with Gasteiger partial charge in [0, 0.05) is 26.1 Å². The van der Waals surface area contributed by atoms with E-state index in [9.17, 15) is 9.59 Å². The fourth-order valence-corrected chi connectivity index (χ4v) is 5.67. The van der Waals surface area contributed by atoms with Gasteiger partial charge < -0.3 is 9.64 Å². The third-order valence-electron chi connectivity index (χ3n) is 6.08. The van der Waals surface area contributed by atoms with Gasteiger partial charge in [-0.3, -0.25) is 14.5 Å². The van der Waals surface area contributed by atoms with E-state index >= 15 is 0 Å². The normalized spacial score (nSPS) is 22.1. The van der Waals surface area contributed by atoms with Crippen LogP contribution in [0.3, 0.4) is 0 Å². The summed E-state index contributed by atoms with van der Waals surface area (Å²) in [6.45, 7) is 6.71. The Balaban J connectivity index is 1.50. The fourth-order valence-electron chi connectivity index (χ4n) is 4.66. The fraction of sp³-hybridized carbons (Fsp3) is 0.476. The zero-order chi connectivity index (χ0) is 19.7. The summed E-state index contributed by atoms with van der Waals surface area (Å²) in [5, 5.41) is 1.10. The second-order valence-corrected chi connectivity index (χ2v) is 8.64. The maximum Gasteiger partial charge on any atom is 0.311 e. The molecule has 1 atom stereocenters. The highest BCUT2D eigenvalue weighted by molar-refractivity contribution is 7.18. The van der Waals surface area contributed by atoms with Gasteiger partial charge in [-0.05, 0) is 25.0 Å². The number of esters is 1. The molecule has 0 aliphatic carbocycles. The predicted octanol–water partition coefficient (Wildman–Crippen LogP) is 2.84. The van der Waals surface area contributed by atoms with Crippen LogP contribution < -0.4 is 0 Å². The van der Waals surface area contributed by atoms with Crippen LogP contribution in [0.25, 0.3) is 10.2 Å². The molecule has 0 saturated carbocycles. The largest absolute Gasteiger partial charge is 0.469 e. The number of fused-ring (bicyclic) bond motifs is 1. The quantitative estimate of drug-likeness (QED) is 0.571. The first-order valence-corrected chi connectivity index (χ1v) is 10.4. The SMILES string of the molecule is C=CCN1C(=O)CC(C(=O)OC)C12CCN(Cc1nc3ccccc3s1)CC2. The van der Waals surface area contributed by atoms with Crippen molar-refractivity contribution in [3.63, 3.8) is 0 Å². The van der Waals surface area contributed by atoms with Crippen molar-refractivity contribution in [1.29, 1.82) is 0 Å². The monoisotopic (exact) mass is 399 g/mol. The molecule has 2 aliphatic heterocycles. The first kappa shape index (κ1) is 19.1. The maximum atomic E-state index is 12.6. The third-order valence-corrected chi connectivity index (χ3v) is 7.10. The van der Waals surface area contributed by atoms with Gasteiger partial charge >= 0.3 is 5.97 Å². The molecule has 2 aliphatic rings. The van der Waals surface area contributed by atoms with Crippen LogP contribution >= 0.6 is 11.3 Å². The number of nitrogens with zero attached hydrogens (tertiary/aromatic N) is 3. The maximum absolute atomic E-state index is 12.6. The molecular formula is C21H25N3O3S. The highest BCUT2D eigenvalue weighted by atomic mass is 32.1. The van der Waals surface area contributed by atoms with E-state index in [0.717, 1.165) is 43.0 Å². The lowest BCUT2D eigenvalue weighted by atomic mass is 9.76. The lowest BCUT2D eigenvalue weighted by Crippen LogP contribution is -2.57. The van der Waals surface area contributed by atoms with Gasteiger partial charge in [0.05, 0.1) is 35.3 Å². The molecule has 1 unspecified atom stereocenters. The first-order valence-electron chi connectivity index (χ1n) is 9.63. The number of hydrogen-bond donors (Lipinski definition) is 0. The Hall–Kier alpha value is -2.25. The second-order valence-electron chi connectivity index (χ2n) is 7.53. The number of hydrogen-bond acceptors (Lipinski definition) is 6. The van der Waals surface area contributed by atoms with Gasteiger partial charge in [-0.2, -0.15) is 0 Å². The van der Waals surface area contributed by atoms with Crippen molar-refractivity contribution in [2.24, 2.45) is 5.92 Å². The van der Waals surface area contributed by atoms with Crippen LogP contribution in [0.5, 0.6) is 0 Å². The van der Waals surface area contributed by atoms with Crippen LogP contribution in [0.2, 0.25) is 0 Å². The minimum atomic E-state index is -0.456. The lowest BCUT2D eigenvalue weighted by Gasteiger charge is -2.46. The standard InChI is InChI=1S/C21H25N3O3S/c1-3-10-24-19(25)13-15(20(26)27-2)21(24)8-11-23(12-9-21)14-18-22-16-6-4-5-7-17(16)28-18/h3-7,15H,1,8-14H2,2H3. The summed E-state index contributed by atoms with van der Waals surface area (Å²) in [7, 11) is 1.40. The molecular weight excluding hydrogens is 374 g/mol. The van der Waals surface area contributed by atoms with E-state index in [1.165, 1.54) is 11.8 Å². The molecule has 4 rings (SSSR count). The van der Waals surface area contributed by atoms with E-state index in [2.05, 4.69) is 17.5 Å².